The minimum absolute atomic E-state index is 0.0130. The fraction of sp³-hybridized carbons (Fsp3) is 0.789. The molecule has 0 unspecified atom stereocenters. The van der Waals surface area contributed by atoms with Crippen molar-refractivity contribution in [1.82, 2.24) is 15.0 Å². The van der Waals surface area contributed by atoms with Crippen molar-refractivity contribution in [2.45, 2.75) is 64.3 Å². The van der Waals surface area contributed by atoms with Crippen molar-refractivity contribution in [3.8, 4) is 0 Å². The van der Waals surface area contributed by atoms with Crippen LogP contribution >= 0.6 is 0 Å². The SMILES string of the molecule is Cc1noc(C)c1CN1CCO[C@H]2[C@H](OCC(=O)N3CCCC3)CC[C@@H]21. The number of likely N-dealkylation sites (tertiary alicyclic amines) is 1. The van der Waals surface area contributed by atoms with Crippen LogP contribution in [0.5, 0.6) is 0 Å². The van der Waals surface area contributed by atoms with Crippen LogP contribution in [-0.2, 0) is 20.8 Å². The summed E-state index contributed by atoms with van der Waals surface area (Å²) in [6.07, 6.45) is 4.27. The van der Waals surface area contributed by atoms with Crippen molar-refractivity contribution in [2.75, 3.05) is 32.8 Å². The molecule has 1 aromatic heterocycles. The lowest BCUT2D eigenvalue weighted by atomic mass is 10.1. The molecule has 26 heavy (non-hydrogen) atoms. The number of nitrogens with zero attached hydrogens (tertiary/aromatic N) is 3. The van der Waals surface area contributed by atoms with E-state index in [-0.39, 0.29) is 24.7 Å². The van der Waals surface area contributed by atoms with E-state index in [2.05, 4.69) is 10.1 Å². The second-order valence-electron chi connectivity index (χ2n) is 7.69. The monoisotopic (exact) mass is 363 g/mol. The topological polar surface area (TPSA) is 68.0 Å². The Labute approximate surface area is 154 Å². The molecule has 3 fully saturated rings. The second-order valence-corrected chi connectivity index (χ2v) is 7.69. The van der Waals surface area contributed by atoms with Crippen molar-refractivity contribution in [1.29, 1.82) is 0 Å². The largest absolute Gasteiger partial charge is 0.373 e. The van der Waals surface area contributed by atoms with Crippen LogP contribution in [-0.4, -0.2) is 72.0 Å². The van der Waals surface area contributed by atoms with Gasteiger partial charge in [0, 0.05) is 37.8 Å². The van der Waals surface area contributed by atoms with Crippen molar-refractivity contribution >= 4 is 5.91 Å². The van der Waals surface area contributed by atoms with Gasteiger partial charge in [-0.2, -0.15) is 0 Å². The average Bonchev–Trinajstić information content (AvgIpc) is 3.37. The summed E-state index contributed by atoms with van der Waals surface area (Å²) < 4.78 is 17.4. The Kier molecular flexibility index (Phi) is 5.29. The first-order valence-corrected chi connectivity index (χ1v) is 9.80. The summed E-state index contributed by atoms with van der Waals surface area (Å²) in [7, 11) is 0. The number of ether oxygens (including phenoxy) is 2. The third-order valence-electron chi connectivity index (χ3n) is 6.07. The van der Waals surface area contributed by atoms with Gasteiger partial charge in [-0.3, -0.25) is 9.69 Å². The highest BCUT2D eigenvalue weighted by Gasteiger charge is 2.44. The number of rotatable bonds is 5. The molecule has 0 bridgehead atoms. The van der Waals surface area contributed by atoms with Crippen molar-refractivity contribution in [2.24, 2.45) is 0 Å². The van der Waals surface area contributed by atoms with E-state index in [9.17, 15) is 4.79 Å². The lowest BCUT2D eigenvalue weighted by Crippen LogP contribution is -2.51. The maximum Gasteiger partial charge on any atom is 0.248 e. The molecule has 7 heteroatoms. The van der Waals surface area contributed by atoms with Crippen LogP contribution in [0.3, 0.4) is 0 Å². The number of hydrogen-bond donors (Lipinski definition) is 0. The first-order chi connectivity index (χ1) is 12.6. The minimum Gasteiger partial charge on any atom is -0.373 e. The van der Waals surface area contributed by atoms with E-state index in [1.807, 2.05) is 18.7 Å². The normalized spacial score (nSPS) is 29.3. The van der Waals surface area contributed by atoms with Crippen LogP contribution in [0, 0.1) is 13.8 Å². The van der Waals surface area contributed by atoms with Crippen LogP contribution in [0.4, 0.5) is 0 Å². The van der Waals surface area contributed by atoms with E-state index >= 15 is 0 Å². The zero-order valence-corrected chi connectivity index (χ0v) is 15.8. The molecule has 2 saturated heterocycles. The molecule has 0 spiro atoms. The molecule has 1 saturated carbocycles. The number of fused-ring (bicyclic) bond motifs is 1. The Morgan fingerprint density at radius 1 is 1.23 bits per heavy atom. The van der Waals surface area contributed by atoms with Gasteiger partial charge in [0.2, 0.25) is 5.91 Å². The number of aryl methyl sites for hydroxylation is 2. The van der Waals surface area contributed by atoms with E-state index < -0.39 is 0 Å². The van der Waals surface area contributed by atoms with Crippen LogP contribution in [0.2, 0.25) is 0 Å². The first-order valence-electron chi connectivity index (χ1n) is 9.80. The summed E-state index contributed by atoms with van der Waals surface area (Å²) >= 11 is 0. The summed E-state index contributed by atoms with van der Waals surface area (Å²) in [6, 6.07) is 0.337. The van der Waals surface area contributed by atoms with Crippen LogP contribution in [0.15, 0.2) is 4.52 Å². The number of carbonyl (C=O) groups excluding carboxylic acids is 1. The number of aromatic nitrogens is 1. The maximum absolute atomic E-state index is 12.2. The van der Waals surface area contributed by atoms with Gasteiger partial charge in [-0.15, -0.1) is 0 Å². The molecule has 3 heterocycles. The van der Waals surface area contributed by atoms with Crippen LogP contribution < -0.4 is 0 Å². The molecule has 1 amide bonds. The maximum atomic E-state index is 12.2. The summed E-state index contributed by atoms with van der Waals surface area (Å²) in [5.74, 6) is 1.02. The lowest BCUT2D eigenvalue weighted by Gasteiger charge is -2.39. The predicted molar refractivity (Wildman–Crippen MR) is 94.7 cm³/mol. The van der Waals surface area contributed by atoms with E-state index in [4.69, 9.17) is 14.0 Å². The van der Waals surface area contributed by atoms with Gasteiger partial charge in [0.05, 0.1) is 24.5 Å². The van der Waals surface area contributed by atoms with Gasteiger partial charge in [0.15, 0.2) is 0 Å². The molecule has 0 radical (unpaired) electrons. The third-order valence-corrected chi connectivity index (χ3v) is 6.07. The molecule has 0 aromatic carbocycles. The fourth-order valence-corrected chi connectivity index (χ4v) is 4.53. The Hall–Kier alpha value is -1.44. The summed E-state index contributed by atoms with van der Waals surface area (Å²) in [5.41, 5.74) is 2.15. The molecule has 144 valence electrons. The average molecular weight is 363 g/mol. The molecule has 2 aliphatic heterocycles. The van der Waals surface area contributed by atoms with Gasteiger partial charge in [0.25, 0.3) is 0 Å². The van der Waals surface area contributed by atoms with Crippen molar-refractivity contribution < 1.29 is 18.8 Å². The molecule has 3 atom stereocenters. The van der Waals surface area contributed by atoms with Gasteiger partial charge >= 0.3 is 0 Å². The Balaban J connectivity index is 1.34. The molecule has 4 rings (SSSR count). The van der Waals surface area contributed by atoms with E-state index in [1.165, 1.54) is 5.56 Å². The van der Waals surface area contributed by atoms with Crippen LogP contribution in [0.25, 0.3) is 0 Å². The molecular weight excluding hydrogens is 334 g/mol. The zero-order valence-electron chi connectivity index (χ0n) is 15.8. The quantitative estimate of drug-likeness (QED) is 0.793. The summed E-state index contributed by atoms with van der Waals surface area (Å²) in [4.78, 5) is 16.6. The van der Waals surface area contributed by atoms with Gasteiger partial charge in [-0.1, -0.05) is 5.16 Å². The van der Waals surface area contributed by atoms with Gasteiger partial charge in [-0.25, -0.2) is 0 Å². The number of morpholine rings is 1. The lowest BCUT2D eigenvalue weighted by molar-refractivity contribution is -0.145. The van der Waals surface area contributed by atoms with E-state index in [0.717, 1.165) is 63.3 Å². The Morgan fingerprint density at radius 3 is 2.77 bits per heavy atom. The Bertz CT molecular complexity index is 621. The fourth-order valence-electron chi connectivity index (χ4n) is 4.53. The number of amides is 1. The van der Waals surface area contributed by atoms with Gasteiger partial charge < -0.3 is 18.9 Å². The summed E-state index contributed by atoms with van der Waals surface area (Å²) in [6.45, 7) is 8.34. The number of hydrogen-bond acceptors (Lipinski definition) is 6. The summed E-state index contributed by atoms with van der Waals surface area (Å²) in [5, 5.41) is 4.07. The highest BCUT2D eigenvalue weighted by Crippen LogP contribution is 2.33. The van der Waals surface area contributed by atoms with Crippen LogP contribution in [0.1, 0.15) is 42.7 Å². The smallest absolute Gasteiger partial charge is 0.248 e. The molecule has 1 aromatic rings. The standard InChI is InChI=1S/C19H29N3O4/c1-13-15(14(2)26-20-13)11-22-9-10-24-19-16(22)5-6-17(19)25-12-18(23)21-7-3-4-8-21/h16-17,19H,3-12H2,1-2H3/t16-,17+,19+/m0/s1. The molecule has 3 aliphatic rings. The first kappa shape index (κ1) is 17.9. The highest BCUT2D eigenvalue weighted by atomic mass is 16.5. The third kappa shape index (κ3) is 3.52. The molecule has 1 aliphatic carbocycles. The van der Waals surface area contributed by atoms with Gasteiger partial charge in [0.1, 0.15) is 12.4 Å². The van der Waals surface area contributed by atoms with E-state index in [1.54, 1.807) is 0 Å². The zero-order chi connectivity index (χ0) is 18.1. The molecular formula is C19H29N3O4. The Morgan fingerprint density at radius 2 is 2.04 bits per heavy atom. The highest BCUT2D eigenvalue weighted by molar-refractivity contribution is 5.77. The minimum atomic E-state index is 0.0130. The molecule has 7 nitrogen and oxygen atoms in total. The van der Waals surface area contributed by atoms with E-state index in [0.29, 0.717) is 12.6 Å². The molecule has 0 N–H and O–H groups in total. The second kappa shape index (κ2) is 7.66. The van der Waals surface area contributed by atoms with Crippen molar-refractivity contribution in [3.63, 3.8) is 0 Å². The number of carbonyl (C=O) groups is 1. The van der Waals surface area contributed by atoms with Crippen molar-refractivity contribution in [3.05, 3.63) is 17.0 Å². The van der Waals surface area contributed by atoms with Gasteiger partial charge in [-0.05, 0) is 39.5 Å². The predicted octanol–water partition coefficient (Wildman–Crippen LogP) is 1.66.